The molecular formula is C6H10N4OS. The number of hydrogen-bond donors (Lipinski definition) is 1. The van der Waals surface area contributed by atoms with Crippen molar-refractivity contribution in [2.45, 2.75) is 23.2 Å². The van der Waals surface area contributed by atoms with E-state index in [9.17, 15) is 0 Å². The molecule has 0 spiro atoms. The molecule has 5 nitrogen and oxygen atoms in total. The Hall–Kier alpha value is -0.620. The summed E-state index contributed by atoms with van der Waals surface area (Å²) in [4.78, 5) is 0. The van der Waals surface area contributed by atoms with Gasteiger partial charge in [0.2, 0.25) is 5.16 Å². The topological polar surface area (TPSA) is 63.7 Å². The number of ether oxygens (including phenoxy) is 1. The van der Waals surface area contributed by atoms with Crippen molar-refractivity contribution in [1.29, 1.82) is 0 Å². The van der Waals surface area contributed by atoms with Gasteiger partial charge in [-0.2, -0.15) is 5.21 Å². The van der Waals surface area contributed by atoms with Crippen LogP contribution in [0, 0.1) is 0 Å². The summed E-state index contributed by atoms with van der Waals surface area (Å²) in [6.07, 6.45) is 2.31. The molecule has 66 valence electrons. The lowest BCUT2D eigenvalue weighted by Gasteiger charge is -2.19. The van der Waals surface area contributed by atoms with Gasteiger partial charge in [0.25, 0.3) is 0 Å². The van der Waals surface area contributed by atoms with Crippen LogP contribution >= 0.6 is 11.8 Å². The fourth-order valence-electron chi connectivity index (χ4n) is 1.16. The summed E-state index contributed by atoms with van der Waals surface area (Å²) in [6.45, 7) is 1.70. The third-order valence-electron chi connectivity index (χ3n) is 1.72. The van der Waals surface area contributed by atoms with Gasteiger partial charge in [-0.05, 0) is 18.1 Å². The van der Waals surface area contributed by atoms with Gasteiger partial charge in [-0.15, -0.1) is 10.2 Å². The van der Waals surface area contributed by atoms with Crippen LogP contribution in [0.3, 0.4) is 0 Å². The Labute approximate surface area is 74.3 Å². The Morgan fingerprint density at radius 2 is 2.58 bits per heavy atom. The molecule has 0 aliphatic carbocycles. The molecule has 1 aliphatic heterocycles. The average Bonchev–Trinajstić information content (AvgIpc) is 2.59. The number of hydrogen-bond acceptors (Lipinski definition) is 5. The smallest absolute Gasteiger partial charge is 0.231 e. The second-order valence-corrected chi connectivity index (χ2v) is 3.92. The van der Waals surface area contributed by atoms with Gasteiger partial charge in [-0.1, -0.05) is 11.8 Å². The monoisotopic (exact) mass is 186 g/mol. The molecule has 1 N–H and O–H groups in total. The first kappa shape index (κ1) is 8.00. The number of tetrazole rings is 1. The Balaban J connectivity index is 1.86. The standard InChI is InChI=1S/C6H10N4OS/c1-2-5(4-11-3-1)12-6-7-9-10-8-6/h5H,1-4H2,(H,7,8,9,10). The predicted octanol–water partition coefficient (Wildman–Crippen LogP) is 0.471. The van der Waals surface area contributed by atoms with E-state index in [-0.39, 0.29) is 0 Å². The molecule has 1 unspecified atom stereocenters. The SMILES string of the molecule is C1COCC(Sc2nn[nH]n2)C1. The summed E-state index contributed by atoms with van der Waals surface area (Å²) in [6, 6.07) is 0. The van der Waals surface area contributed by atoms with Crippen molar-refractivity contribution < 1.29 is 4.74 Å². The molecule has 6 heteroatoms. The molecule has 0 amide bonds. The summed E-state index contributed by atoms with van der Waals surface area (Å²) < 4.78 is 5.32. The van der Waals surface area contributed by atoms with Gasteiger partial charge < -0.3 is 4.74 Å². The van der Waals surface area contributed by atoms with Crippen LogP contribution in [0.1, 0.15) is 12.8 Å². The molecule has 1 atom stereocenters. The van der Waals surface area contributed by atoms with Crippen LogP contribution in [-0.4, -0.2) is 39.1 Å². The number of nitrogens with one attached hydrogen (secondary N) is 1. The Morgan fingerprint density at radius 3 is 3.25 bits per heavy atom. The van der Waals surface area contributed by atoms with Gasteiger partial charge in [-0.3, -0.25) is 0 Å². The highest BCUT2D eigenvalue weighted by atomic mass is 32.2. The van der Waals surface area contributed by atoms with Crippen molar-refractivity contribution >= 4 is 11.8 Å². The highest BCUT2D eigenvalue weighted by Crippen LogP contribution is 2.24. The van der Waals surface area contributed by atoms with E-state index < -0.39 is 0 Å². The minimum absolute atomic E-state index is 0.497. The lowest BCUT2D eigenvalue weighted by molar-refractivity contribution is 0.101. The van der Waals surface area contributed by atoms with Gasteiger partial charge in [0, 0.05) is 11.9 Å². The van der Waals surface area contributed by atoms with Crippen LogP contribution in [-0.2, 0) is 4.74 Å². The molecule has 2 rings (SSSR count). The molecule has 0 aromatic carbocycles. The van der Waals surface area contributed by atoms with Crippen molar-refractivity contribution in [3.05, 3.63) is 0 Å². The molecule has 0 radical (unpaired) electrons. The van der Waals surface area contributed by atoms with Crippen LogP contribution in [0.25, 0.3) is 0 Å². The summed E-state index contributed by atoms with van der Waals surface area (Å²) in [7, 11) is 0. The third-order valence-corrected chi connectivity index (χ3v) is 2.81. The summed E-state index contributed by atoms with van der Waals surface area (Å²) in [5.74, 6) is 0. The normalized spacial score (nSPS) is 24.2. The second-order valence-electron chi connectivity index (χ2n) is 2.65. The first-order valence-electron chi connectivity index (χ1n) is 3.93. The molecule has 1 aromatic heterocycles. The first-order chi connectivity index (χ1) is 5.95. The zero-order valence-corrected chi connectivity index (χ0v) is 7.38. The molecule has 1 aromatic rings. The molecule has 12 heavy (non-hydrogen) atoms. The van der Waals surface area contributed by atoms with Gasteiger partial charge in [0.05, 0.1) is 6.61 Å². The van der Waals surface area contributed by atoms with E-state index in [0.717, 1.165) is 19.6 Å². The van der Waals surface area contributed by atoms with Gasteiger partial charge in [0.1, 0.15) is 0 Å². The van der Waals surface area contributed by atoms with E-state index in [1.54, 1.807) is 11.8 Å². The maximum Gasteiger partial charge on any atom is 0.231 e. The number of aromatic nitrogens is 4. The van der Waals surface area contributed by atoms with E-state index in [2.05, 4.69) is 20.6 Å². The quantitative estimate of drug-likeness (QED) is 0.727. The highest BCUT2D eigenvalue weighted by molar-refractivity contribution is 7.99. The number of nitrogens with zero attached hydrogens (tertiary/aromatic N) is 3. The molecular weight excluding hydrogens is 176 g/mol. The van der Waals surface area contributed by atoms with E-state index in [1.807, 2.05) is 0 Å². The van der Waals surface area contributed by atoms with Crippen LogP contribution in [0.5, 0.6) is 0 Å². The fourth-order valence-corrected chi connectivity index (χ4v) is 2.08. The lowest BCUT2D eigenvalue weighted by Crippen LogP contribution is -2.19. The van der Waals surface area contributed by atoms with Crippen molar-refractivity contribution in [3.63, 3.8) is 0 Å². The first-order valence-corrected chi connectivity index (χ1v) is 4.81. The fraction of sp³-hybridized carbons (Fsp3) is 0.833. The average molecular weight is 186 g/mol. The van der Waals surface area contributed by atoms with Crippen LogP contribution in [0.2, 0.25) is 0 Å². The molecule has 1 saturated heterocycles. The maximum atomic E-state index is 5.32. The zero-order valence-electron chi connectivity index (χ0n) is 6.56. The summed E-state index contributed by atoms with van der Waals surface area (Å²) >= 11 is 1.63. The maximum absolute atomic E-state index is 5.32. The Bertz CT molecular complexity index is 221. The van der Waals surface area contributed by atoms with Crippen molar-refractivity contribution in [3.8, 4) is 0 Å². The Kier molecular flexibility index (Phi) is 2.57. The van der Waals surface area contributed by atoms with Gasteiger partial charge >= 0.3 is 0 Å². The number of thioether (sulfide) groups is 1. The lowest BCUT2D eigenvalue weighted by atomic mass is 10.2. The zero-order chi connectivity index (χ0) is 8.23. The number of aromatic amines is 1. The number of rotatable bonds is 2. The largest absolute Gasteiger partial charge is 0.380 e. The van der Waals surface area contributed by atoms with Crippen molar-refractivity contribution in [2.75, 3.05) is 13.2 Å². The van der Waals surface area contributed by atoms with Crippen LogP contribution < -0.4 is 0 Å². The number of H-pyrrole nitrogens is 1. The van der Waals surface area contributed by atoms with E-state index in [4.69, 9.17) is 4.74 Å². The molecule has 0 bridgehead atoms. The van der Waals surface area contributed by atoms with E-state index >= 15 is 0 Å². The van der Waals surface area contributed by atoms with E-state index in [1.165, 1.54) is 6.42 Å². The molecule has 0 saturated carbocycles. The van der Waals surface area contributed by atoms with E-state index in [0.29, 0.717) is 10.4 Å². The van der Waals surface area contributed by atoms with Crippen molar-refractivity contribution in [2.24, 2.45) is 0 Å². The van der Waals surface area contributed by atoms with Crippen LogP contribution in [0.4, 0.5) is 0 Å². The summed E-state index contributed by atoms with van der Waals surface area (Å²) in [5, 5.41) is 14.9. The molecule has 1 aliphatic rings. The van der Waals surface area contributed by atoms with Gasteiger partial charge in [0.15, 0.2) is 0 Å². The minimum Gasteiger partial charge on any atom is -0.380 e. The van der Waals surface area contributed by atoms with Crippen LogP contribution in [0.15, 0.2) is 5.16 Å². The molecule has 2 heterocycles. The van der Waals surface area contributed by atoms with Gasteiger partial charge in [-0.25, -0.2) is 0 Å². The predicted molar refractivity (Wildman–Crippen MR) is 43.9 cm³/mol. The molecule has 1 fully saturated rings. The Morgan fingerprint density at radius 1 is 1.58 bits per heavy atom. The van der Waals surface area contributed by atoms with Crippen molar-refractivity contribution in [1.82, 2.24) is 20.6 Å². The third kappa shape index (κ3) is 1.95. The minimum atomic E-state index is 0.497. The highest BCUT2D eigenvalue weighted by Gasteiger charge is 2.16. The second kappa shape index (κ2) is 3.86. The summed E-state index contributed by atoms with van der Waals surface area (Å²) in [5.41, 5.74) is 0.